The molecule has 0 aliphatic carbocycles. The van der Waals surface area contributed by atoms with Gasteiger partial charge in [-0.05, 0) is 60.4 Å². The number of nitrogens with two attached hydrogens (primary N) is 1. The lowest BCUT2D eigenvalue weighted by Crippen LogP contribution is -2.38. The van der Waals surface area contributed by atoms with Crippen molar-refractivity contribution in [2.45, 2.75) is 24.9 Å². The maximum atomic E-state index is 13.6. The summed E-state index contributed by atoms with van der Waals surface area (Å²) in [5.41, 5.74) is 8.77. The van der Waals surface area contributed by atoms with Gasteiger partial charge in [0.15, 0.2) is 0 Å². The highest BCUT2D eigenvalue weighted by Gasteiger charge is 2.33. The minimum Gasteiger partial charge on any atom is -0.334 e. The number of pyridine rings is 1. The van der Waals surface area contributed by atoms with Crippen LogP contribution in [0.15, 0.2) is 73.1 Å². The van der Waals surface area contributed by atoms with Crippen LogP contribution in [0.5, 0.6) is 0 Å². The summed E-state index contributed by atoms with van der Waals surface area (Å²) < 4.78 is 13.6. The second kappa shape index (κ2) is 9.06. The van der Waals surface area contributed by atoms with E-state index in [9.17, 15) is 14.0 Å². The summed E-state index contributed by atoms with van der Waals surface area (Å²) >= 11 is 0. The molecule has 2 aromatic carbocycles. The molecule has 1 aliphatic rings. The standard InChI is InChI=1S/C24H23FN4O2/c25-19-4-1-3-18(15-19)21-5-2-14-29(21)24(31)22(26)16-6-8-17(9-7-16)23(30)28-20-10-12-27-13-11-20/h1,3-4,6-13,15,21-22H,2,5,14,26H2,(H,27,28,30)/t21-,22+/m0/s1. The van der Waals surface area contributed by atoms with E-state index in [1.54, 1.807) is 59.8 Å². The van der Waals surface area contributed by atoms with Crippen LogP contribution in [0.25, 0.3) is 0 Å². The molecular formula is C24H23FN4O2. The number of nitrogens with zero attached hydrogens (tertiary/aromatic N) is 2. The number of aromatic nitrogens is 1. The first-order valence-electron chi connectivity index (χ1n) is 10.2. The van der Waals surface area contributed by atoms with E-state index < -0.39 is 6.04 Å². The molecule has 1 aliphatic heterocycles. The average molecular weight is 418 g/mol. The summed E-state index contributed by atoms with van der Waals surface area (Å²) in [5, 5.41) is 2.79. The van der Waals surface area contributed by atoms with Crippen LogP contribution in [0.4, 0.5) is 10.1 Å². The Hall–Kier alpha value is -3.58. The van der Waals surface area contributed by atoms with Crippen molar-refractivity contribution in [2.24, 2.45) is 5.73 Å². The predicted octanol–water partition coefficient (Wildman–Crippen LogP) is 3.84. The van der Waals surface area contributed by atoms with Gasteiger partial charge in [0.1, 0.15) is 11.9 Å². The number of nitrogens with one attached hydrogen (secondary N) is 1. The first-order valence-corrected chi connectivity index (χ1v) is 10.2. The Morgan fingerprint density at radius 2 is 1.84 bits per heavy atom. The number of carbonyl (C=O) groups is 2. The molecule has 2 atom stereocenters. The van der Waals surface area contributed by atoms with Gasteiger partial charge < -0.3 is 16.0 Å². The molecule has 3 N–H and O–H groups in total. The number of hydrogen-bond donors (Lipinski definition) is 2. The largest absolute Gasteiger partial charge is 0.334 e. The molecule has 6 nitrogen and oxygen atoms in total. The van der Waals surface area contributed by atoms with Crippen LogP contribution in [-0.2, 0) is 4.79 Å². The first kappa shape index (κ1) is 20.7. The highest BCUT2D eigenvalue weighted by atomic mass is 19.1. The molecule has 1 fully saturated rings. The van der Waals surface area contributed by atoms with Gasteiger partial charge >= 0.3 is 0 Å². The van der Waals surface area contributed by atoms with Gasteiger partial charge in [-0.25, -0.2) is 4.39 Å². The van der Waals surface area contributed by atoms with Crippen LogP contribution in [0.1, 0.15) is 46.4 Å². The second-order valence-corrected chi connectivity index (χ2v) is 7.53. The zero-order chi connectivity index (χ0) is 21.8. The second-order valence-electron chi connectivity index (χ2n) is 7.53. The molecule has 0 bridgehead atoms. The quantitative estimate of drug-likeness (QED) is 0.659. The van der Waals surface area contributed by atoms with Crippen molar-refractivity contribution in [3.8, 4) is 0 Å². The van der Waals surface area contributed by atoms with Crippen LogP contribution in [0.3, 0.4) is 0 Å². The van der Waals surface area contributed by atoms with Gasteiger partial charge in [0.05, 0.1) is 6.04 Å². The van der Waals surface area contributed by atoms with Crippen molar-refractivity contribution < 1.29 is 14.0 Å². The summed E-state index contributed by atoms with van der Waals surface area (Å²) in [6.07, 6.45) is 4.81. The van der Waals surface area contributed by atoms with E-state index in [1.807, 2.05) is 6.07 Å². The van der Waals surface area contributed by atoms with E-state index in [4.69, 9.17) is 5.73 Å². The van der Waals surface area contributed by atoms with Gasteiger partial charge in [-0.2, -0.15) is 0 Å². The third-order valence-electron chi connectivity index (χ3n) is 5.51. The Bertz CT molecular complexity index is 1070. The third kappa shape index (κ3) is 4.62. The number of carbonyl (C=O) groups excluding carboxylic acids is 2. The van der Waals surface area contributed by atoms with Crippen molar-refractivity contribution in [1.82, 2.24) is 9.88 Å². The molecule has 0 unspecified atom stereocenters. The number of benzene rings is 2. The maximum absolute atomic E-state index is 13.6. The van der Waals surface area contributed by atoms with E-state index in [-0.39, 0.29) is 23.7 Å². The Kier molecular flexibility index (Phi) is 6.04. The van der Waals surface area contributed by atoms with E-state index in [0.29, 0.717) is 23.4 Å². The maximum Gasteiger partial charge on any atom is 0.255 e. The summed E-state index contributed by atoms with van der Waals surface area (Å²) in [7, 11) is 0. The van der Waals surface area contributed by atoms with Gasteiger partial charge in [0.2, 0.25) is 5.91 Å². The lowest BCUT2D eigenvalue weighted by Gasteiger charge is -2.28. The normalized spacial score (nSPS) is 16.7. The average Bonchev–Trinajstić information content (AvgIpc) is 3.29. The molecule has 1 saturated heterocycles. The minimum atomic E-state index is -0.855. The summed E-state index contributed by atoms with van der Waals surface area (Å²) in [6, 6.07) is 15.4. The molecule has 1 aromatic heterocycles. The lowest BCUT2D eigenvalue weighted by molar-refractivity contribution is -0.133. The minimum absolute atomic E-state index is 0.181. The third-order valence-corrected chi connectivity index (χ3v) is 5.51. The number of amides is 2. The van der Waals surface area contributed by atoms with Crippen LogP contribution >= 0.6 is 0 Å². The fourth-order valence-corrected chi connectivity index (χ4v) is 3.89. The topological polar surface area (TPSA) is 88.3 Å². The van der Waals surface area contributed by atoms with Crippen molar-refractivity contribution in [3.63, 3.8) is 0 Å². The van der Waals surface area contributed by atoms with E-state index >= 15 is 0 Å². The predicted molar refractivity (Wildman–Crippen MR) is 116 cm³/mol. The number of halogens is 1. The monoisotopic (exact) mass is 418 g/mol. The van der Waals surface area contributed by atoms with E-state index in [1.165, 1.54) is 12.1 Å². The molecule has 2 amide bonds. The molecule has 7 heteroatoms. The van der Waals surface area contributed by atoms with Gasteiger partial charge in [0, 0.05) is 30.2 Å². The van der Waals surface area contributed by atoms with Crippen LogP contribution < -0.4 is 11.1 Å². The summed E-state index contributed by atoms with van der Waals surface area (Å²) in [4.78, 5) is 31.1. The molecule has 0 spiro atoms. The number of anilines is 1. The molecule has 3 aromatic rings. The Morgan fingerprint density at radius 1 is 1.10 bits per heavy atom. The molecule has 4 rings (SSSR count). The highest BCUT2D eigenvalue weighted by Crippen LogP contribution is 2.34. The zero-order valence-corrected chi connectivity index (χ0v) is 16.9. The van der Waals surface area contributed by atoms with Crippen molar-refractivity contribution >= 4 is 17.5 Å². The molecule has 2 heterocycles. The Balaban J connectivity index is 1.45. The van der Waals surface area contributed by atoms with Crippen LogP contribution in [0, 0.1) is 5.82 Å². The molecule has 31 heavy (non-hydrogen) atoms. The SMILES string of the molecule is N[C@@H](C(=O)N1CCC[C@H]1c1cccc(F)c1)c1ccc(C(=O)Nc2ccncc2)cc1. The zero-order valence-electron chi connectivity index (χ0n) is 16.9. The van der Waals surface area contributed by atoms with Gasteiger partial charge in [0.25, 0.3) is 5.91 Å². The van der Waals surface area contributed by atoms with Gasteiger partial charge in [-0.3, -0.25) is 14.6 Å². The fourth-order valence-electron chi connectivity index (χ4n) is 3.89. The molecule has 0 radical (unpaired) electrons. The number of hydrogen-bond acceptors (Lipinski definition) is 4. The van der Waals surface area contributed by atoms with E-state index in [0.717, 1.165) is 18.4 Å². The van der Waals surface area contributed by atoms with Crippen LogP contribution in [0.2, 0.25) is 0 Å². The molecule has 0 saturated carbocycles. The van der Waals surface area contributed by atoms with Gasteiger partial charge in [-0.15, -0.1) is 0 Å². The fraction of sp³-hybridized carbons (Fsp3) is 0.208. The highest BCUT2D eigenvalue weighted by molar-refractivity contribution is 6.04. The van der Waals surface area contributed by atoms with E-state index in [2.05, 4.69) is 10.3 Å². The molecule has 158 valence electrons. The van der Waals surface area contributed by atoms with Crippen molar-refractivity contribution in [3.05, 3.63) is 95.6 Å². The lowest BCUT2D eigenvalue weighted by atomic mass is 10.0. The smallest absolute Gasteiger partial charge is 0.255 e. The van der Waals surface area contributed by atoms with Crippen LogP contribution in [-0.4, -0.2) is 28.2 Å². The Morgan fingerprint density at radius 3 is 2.55 bits per heavy atom. The number of likely N-dealkylation sites (tertiary alicyclic amines) is 1. The molecular weight excluding hydrogens is 395 g/mol. The summed E-state index contributed by atoms with van der Waals surface area (Å²) in [6.45, 7) is 0.583. The van der Waals surface area contributed by atoms with Crippen molar-refractivity contribution in [2.75, 3.05) is 11.9 Å². The van der Waals surface area contributed by atoms with Crippen molar-refractivity contribution in [1.29, 1.82) is 0 Å². The summed E-state index contributed by atoms with van der Waals surface area (Å²) in [5.74, 6) is -0.786. The number of rotatable bonds is 5. The Labute approximate surface area is 179 Å². The first-order chi connectivity index (χ1) is 15.0. The van der Waals surface area contributed by atoms with Gasteiger partial charge in [-0.1, -0.05) is 24.3 Å².